The molecule has 3 rings (SSSR count). The van der Waals surface area contributed by atoms with E-state index < -0.39 is 0 Å². The van der Waals surface area contributed by atoms with Gasteiger partial charge in [-0.2, -0.15) is 5.26 Å². The molecule has 2 aromatic carbocycles. The fourth-order valence-electron chi connectivity index (χ4n) is 1.87. The molecule has 0 aliphatic carbocycles. The summed E-state index contributed by atoms with van der Waals surface area (Å²) in [6.07, 6.45) is 0. The minimum absolute atomic E-state index is 0.436. The van der Waals surface area contributed by atoms with Gasteiger partial charge in [-0.3, -0.25) is 0 Å². The molecule has 0 amide bonds. The lowest BCUT2D eigenvalue weighted by molar-refractivity contribution is 0.584. The summed E-state index contributed by atoms with van der Waals surface area (Å²) in [5.41, 5.74) is 3.39. The zero-order chi connectivity index (χ0) is 14.8. The SMILES string of the molecule is Cc1ccc(-c2nnc(-c3ccc(C#N)cc3)o2)cc1Br. The Labute approximate surface area is 130 Å². The second-order valence-corrected chi connectivity index (χ2v) is 5.42. The topological polar surface area (TPSA) is 62.7 Å². The van der Waals surface area contributed by atoms with Crippen molar-refractivity contribution in [3.8, 4) is 29.0 Å². The summed E-state index contributed by atoms with van der Waals surface area (Å²) in [5.74, 6) is 0.904. The van der Waals surface area contributed by atoms with Gasteiger partial charge >= 0.3 is 0 Å². The first kappa shape index (κ1) is 13.5. The Balaban J connectivity index is 1.95. The van der Waals surface area contributed by atoms with Crippen LogP contribution in [0.4, 0.5) is 0 Å². The van der Waals surface area contributed by atoms with Crippen LogP contribution >= 0.6 is 15.9 Å². The van der Waals surface area contributed by atoms with E-state index in [-0.39, 0.29) is 0 Å². The Morgan fingerprint density at radius 2 is 1.62 bits per heavy atom. The highest BCUT2D eigenvalue weighted by molar-refractivity contribution is 9.10. The lowest BCUT2D eigenvalue weighted by Gasteiger charge is -1.99. The van der Waals surface area contributed by atoms with E-state index in [4.69, 9.17) is 9.68 Å². The van der Waals surface area contributed by atoms with E-state index in [9.17, 15) is 0 Å². The summed E-state index contributed by atoms with van der Waals surface area (Å²) in [5, 5.41) is 16.9. The third-order valence-corrected chi connectivity index (χ3v) is 3.96. The molecule has 102 valence electrons. The van der Waals surface area contributed by atoms with Crippen LogP contribution in [0, 0.1) is 18.3 Å². The fourth-order valence-corrected chi connectivity index (χ4v) is 2.25. The number of hydrogen-bond acceptors (Lipinski definition) is 4. The molecule has 5 heteroatoms. The summed E-state index contributed by atoms with van der Waals surface area (Å²) < 4.78 is 6.70. The molecular weight excluding hydrogens is 330 g/mol. The van der Waals surface area contributed by atoms with Gasteiger partial charge in [0.1, 0.15) is 0 Å². The Morgan fingerprint density at radius 3 is 2.24 bits per heavy atom. The van der Waals surface area contributed by atoms with E-state index in [1.165, 1.54) is 0 Å². The molecule has 0 atom stereocenters. The molecule has 0 fully saturated rings. The second kappa shape index (κ2) is 5.51. The van der Waals surface area contributed by atoms with Crippen LogP contribution in [-0.4, -0.2) is 10.2 Å². The van der Waals surface area contributed by atoms with Gasteiger partial charge in [0.15, 0.2) is 0 Å². The molecule has 0 unspecified atom stereocenters. The Morgan fingerprint density at radius 1 is 1.00 bits per heavy atom. The molecule has 0 aliphatic heterocycles. The molecule has 0 radical (unpaired) electrons. The van der Waals surface area contributed by atoms with Crippen LogP contribution in [0.5, 0.6) is 0 Å². The zero-order valence-electron chi connectivity index (χ0n) is 11.2. The van der Waals surface area contributed by atoms with Crippen molar-refractivity contribution in [3.63, 3.8) is 0 Å². The van der Waals surface area contributed by atoms with Crippen molar-refractivity contribution >= 4 is 15.9 Å². The summed E-state index contributed by atoms with van der Waals surface area (Å²) in [7, 11) is 0. The summed E-state index contributed by atoms with van der Waals surface area (Å²) in [6, 6.07) is 15.0. The molecule has 21 heavy (non-hydrogen) atoms. The monoisotopic (exact) mass is 339 g/mol. The molecule has 0 bridgehead atoms. The Kier molecular flexibility index (Phi) is 3.55. The minimum Gasteiger partial charge on any atom is -0.416 e. The predicted molar refractivity (Wildman–Crippen MR) is 82.3 cm³/mol. The van der Waals surface area contributed by atoms with Crippen LogP contribution in [0.15, 0.2) is 51.4 Å². The van der Waals surface area contributed by atoms with Crippen molar-refractivity contribution in [2.45, 2.75) is 6.92 Å². The van der Waals surface area contributed by atoms with Gasteiger partial charge in [-0.1, -0.05) is 22.0 Å². The van der Waals surface area contributed by atoms with Crippen molar-refractivity contribution < 1.29 is 4.42 Å². The number of benzene rings is 2. The highest BCUT2D eigenvalue weighted by atomic mass is 79.9. The highest BCUT2D eigenvalue weighted by Gasteiger charge is 2.11. The highest BCUT2D eigenvalue weighted by Crippen LogP contribution is 2.27. The molecule has 0 N–H and O–H groups in total. The van der Waals surface area contributed by atoms with Gasteiger partial charge in [-0.25, -0.2) is 0 Å². The lowest BCUT2D eigenvalue weighted by atomic mass is 10.1. The Hall–Kier alpha value is -2.45. The van der Waals surface area contributed by atoms with Gasteiger partial charge in [-0.15, -0.1) is 10.2 Å². The largest absolute Gasteiger partial charge is 0.416 e. The first-order valence-corrected chi connectivity index (χ1v) is 7.07. The molecule has 3 aromatic rings. The molecule has 1 heterocycles. The molecule has 0 saturated carbocycles. The first-order chi connectivity index (χ1) is 10.2. The average molecular weight is 340 g/mol. The van der Waals surface area contributed by atoms with Gasteiger partial charge < -0.3 is 4.42 Å². The van der Waals surface area contributed by atoms with E-state index in [1.807, 2.05) is 25.1 Å². The molecular formula is C16H10BrN3O. The maximum atomic E-state index is 8.79. The van der Waals surface area contributed by atoms with Gasteiger partial charge in [0.25, 0.3) is 0 Å². The van der Waals surface area contributed by atoms with Crippen molar-refractivity contribution in [1.29, 1.82) is 5.26 Å². The molecule has 0 spiro atoms. The Bertz CT molecular complexity index is 831. The van der Waals surface area contributed by atoms with Crippen LogP contribution < -0.4 is 0 Å². The quantitative estimate of drug-likeness (QED) is 0.696. The molecule has 4 nitrogen and oxygen atoms in total. The van der Waals surface area contributed by atoms with Gasteiger partial charge in [0.05, 0.1) is 11.6 Å². The average Bonchev–Trinajstić information content (AvgIpc) is 3.00. The number of nitrogens with zero attached hydrogens (tertiary/aromatic N) is 3. The van der Waals surface area contributed by atoms with E-state index >= 15 is 0 Å². The lowest BCUT2D eigenvalue weighted by Crippen LogP contribution is -1.80. The maximum absolute atomic E-state index is 8.79. The van der Waals surface area contributed by atoms with Crippen molar-refractivity contribution in [1.82, 2.24) is 10.2 Å². The molecule has 0 aliphatic rings. The van der Waals surface area contributed by atoms with E-state index in [2.05, 4.69) is 32.2 Å². The molecule has 1 aromatic heterocycles. The van der Waals surface area contributed by atoms with E-state index in [0.717, 1.165) is 21.2 Å². The van der Waals surface area contributed by atoms with Gasteiger partial charge in [-0.05, 0) is 48.9 Å². The smallest absolute Gasteiger partial charge is 0.248 e. The van der Waals surface area contributed by atoms with Crippen molar-refractivity contribution in [3.05, 3.63) is 58.1 Å². The number of rotatable bonds is 2. The van der Waals surface area contributed by atoms with Crippen molar-refractivity contribution in [2.24, 2.45) is 0 Å². The summed E-state index contributed by atoms with van der Waals surface area (Å²) >= 11 is 3.49. The van der Waals surface area contributed by atoms with Crippen LogP contribution in [0.25, 0.3) is 22.9 Å². The number of nitriles is 1. The second-order valence-electron chi connectivity index (χ2n) is 4.57. The maximum Gasteiger partial charge on any atom is 0.248 e. The first-order valence-electron chi connectivity index (χ1n) is 6.28. The molecule has 0 saturated heterocycles. The van der Waals surface area contributed by atoms with Crippen molar-refractivity contribution in [2.75, 3.05) is 0 Å². The predicted octanol–water partition coefficient (Wildman–Crippen LogP) is 4.35. The van der Waals surface area contributed by atoms with Gasteiger partial charge in [0.2, 0.25) is 11.8 Å². The van der Waals surface area contributed by atoms with Crippen LogP contribution in [0.1, 0.15) is 11.1 Å². The third kappa shape index (κ3) is 2.71. The zero-order valence-corrected chi connectivity index (χ0v) is 12.8. The van der Waals surface area contributed by atoms with Crippen LogP contribution in [0.3, 0.4) is 0 Å². The number of aromatic nitrogens is 2. The summed E-state index contributed by atoms with van der Waals surface area (Å²) in [4.78, 5) is 0. The van der Waals surface area contributed by atoms with Crippen LogP contribution in [-0.2, 0) is 0 Å². The fraction of sp³-hybridized carbons (Fsp3) is 0.0625. The van der Waals surface area contributed by atoms with Gasteiger partial charge in [0, 0.05) is 15.6 Å². The number of halogens is 1. The number of hydrogen-bond donors (Lipinski definition) is 0. The third-order valence-electron chi connectivity index (χ3n) is 3.10. The normalized spacial score (nSPS) is 10.3. The van der Waals surface area contributed by atoms with Crippen LogP contribution in [0.2, 0.25) is 0 Å². The number of aryl methyl sites for hydroxylation is 1. The van der Waals surface area contributed by atoms with E-state index in [0.29, 0.717) is 17.3 Å². The minimum atomic E-state index is 0.436. The van der Waals surface area contributed by atoms with E-state index in [1.54, 1.807) is 24.3 Å². The summed E-state index contributed by atoms with van der Waals surface area (Å²) in [6.45, 7) is 2.02. The standard InChI is InChI=1S/C16H10BrN3O/c1-10-2-5-13(8-14(10)17)16-20-19-15(21-16)12-6-3-11(9-18)4-7-12/h2-8H,1H3.